The van der Waals surface area contributed by atoms with Gasteiger partial charge in [-0.25, -0.2) is 0 Å². The van der Waals surface area contributed by atoms with Gasteiger partial charge in [-0.3, -0.25) is 9.48 Å². The molecule has 0 radical (unpaired) electrons. The molecule has 24 heavy (non-hydrogen) atoms. The zero-order valence-electron chi connectivity index (χ0n) is 14.6. The maximum absolute atomic E-state index is 12.4. The summed E-state index contributed by atoms with van der Waals surface area (Å²) >= 11 is 0. The summed E-state index contributed by atoms with van der Waals surface area (Å²) in [5, 5.41) is 7.13. The quantitative estimate of drug-likeness (QED) is 0.789. The van der Waals surface area contributed by atoms with E-state index in [0.29, 0.717) is 30.2 Å². The molecule has 0 aliphatic heterocycles. The molecule has 0 saturated carbocycles. The first kappa shape index (κ1) is 17.8. The standard InChI is InChI=1S/C17H24N4O3/c1-18-7-8-20(2)17(22)14-5-6-15(16(9-14)23-4)24-12-13-10-19-21(3)11-13/h5-6,9-11,18H,7-8,12H2,1-4H3. The molecule has 1 aromatic carbocycles. The van der Waals surface area contributed by atoms with Crippen molar-refractivity contribution < 1.29 is 14.3 Å². The number of aryl methyl sites for hydroxylation is 1. The molecule has 130 valence electrons. The minimum atomic E-state index is -0.0534. The van der Waals surface area contributed by atoms with E-state index in [2.05, 4.69) is 10.4 Å². The average molecular weight is 332 g/mol. The van der Waals surface area contributed by atoms with Crippen molar-refractivity contribution in [2.24, 2.45) is 7.05 Å². The number of nitrogens with one attached hydrogen (secondary N) is 1. The predicted octanol–water partition coefficient (Wildman–Crippen LogP) is 1.30. The first-order valence-corrected chi connectivity index (χ1v) is 7.73. The topological polar surface area (TPSA) is 68.6 Å². The summed E-state index contributed by atoms with van der Waals surface area (Å²) in [6, 6.07) is 5.21. The largest absolute Gasteiger partial charge is 0.493 e. The summed E-state index contributed by atoms with van der Waals surface area (Å²) in [5.41, 5.74) is 1.53. The molecule has 0 saturated heterocycles. The smallest absolute Gasteiger partial charge is 0.253 e. The van der Waals surface area contributed by atoms with Crippen LogP contribution < -0.4 is 14.8 Å². The Kier molecular flexibility index (Phi) is 6.20. The van der Waals surface area contributed by atoms with Crippen LogP contribution in [0.2, 0.25) is 0 Å². The van der Waals surface area contributed by atoms with Crippen molar-refractivity contribution in [2.45, 2.75) is 6.61 Å². The predicted molar refractivity (Wildman–Crippen MR) is 91.4 cm³/mol. The van der Waals surface area contributed by atoms with Gasteiger partial charge in [-0.1, -0.05) is 0 Å². The van der Waals surface area contributed by atoms with Gasteiger partial charge in [0.15, 0.2) is 11.5 Å². The van der Waals surface area contributed by atoms with E-state index < -0.39 is 0 Å². The van der Waals surface area contributed by atoms with Crippen molar-refractivity contribution in [2.75, 3.05) is 34.3 Å². The highest BCUT2D eigenvalue weighted by Gasteiger charge is 2.15. The van der Waals surface area contributed by atoms with Gasteiger partial charge in [-0.2, -0.15) is 5.10 Å². The van der Waals surface area contributed by atoms with Crippen LogP contribution in [0.3, 0.4) is 0 Å². The van der Waals surface area contributed by atoms with Crippen molar-refractivity contribution in [3.05, 3.63) is 41.7 Å². The molecule has 0 aliphatic rings. The van der Waals surface area contributed by atoms with Crippen LogP contribution in [-0.2, 0) is 13.7 Å². The van der Waals surface area contributed by atoms with Crippen LogP contribution in [0.5, 0.6) is 11.5 Å². The second kappa shape index (κ2) is 8.35. The Morgan fingerprint density at radius 2 is 2.17 bits per heavy atom. The average Bonchev–Trinajstić information content (AvgIpc) is 3.02. The summed E-state index contributed by atoms with van der Waals surface area (Å²) in [6.45, 7) is 1.77. The summed E-state index contributed by atoms with van der Waals surface area (Å²) in [7, 11) is 7.05. The molecule has 1 aromatic heterocycles. The summed E-state index contributed by atoms with van der Waals surface area (Å²) in [4.78, 5) is 14.1. The van der Waals surface area contributed by atoms with Crippen LogP contribution in [-0.4, -0.2) is 54.9 Å². The SMILES string of the molecule is CNCCN(C)C(=O)c1ccc(OCc2cnn(C)c2)c(OC)c1. The van der Waals surface area contributed by atoms with Crippen molar-refractivity contribution in [3.8, 4) is 11.5 Å². The van der Waals surface area contributed by atoms with Crippen molar-refractivity contribution in [1.82, 2.24) is 20.0 Å². The molecule has 0 fully saturated rings. The molecule has 0 aliphatic carbocycles. The van der Waals surface area contributed by atoms with E-state index in [1.807, 2.05) is 20.3 Å². The van der Waals surface area contributed by atoms with Crippen molar-refractivity contribution >= 4 is 5.91 Å². The summed E-state index contributed by atoms with van der Waals surface area (Å²) in [6.07, 6.45) is 3.64. The number of hydrogen-bond acceptors (Lipinski definition) is 5. The van der Waals surface area contributed by atoms with E-state index in [1.54, 1.807) is 48.1 Å². The Morgan fingerprint density at radius 3 is 2.79 bits per heavy atom. The maximum Gasteiger partial charge on any atom is 0.253 e. The Hall–Kier alpha value is -2.54. The van der Waals surface area contributed by atoms with Crippen LogP contribution in [0, 0.1) is 0 Å². The lowest BCUT2D eigenvalue weighted by Gasteiger charge is -2.18. The normalized spacial score (nSPS) is 10.5. The molecule has 0 atom stereocenters. The molecule has 2 rings (SSSR count). The molecule has 0 spiro atoms. The van der Waals surface area contributed by atoms with Gasteiger partial charge in [-0.15, -0.1) is 0 Å². The van der Waals surface area contributed by atoms with Crippen LogP contribution >= 0.6 is 0 Å². The number of ether oxygens (including phenoxy) is 2. The first-order valence-electron chi connectivity index (χ1n) is 7.73. The Morgan fingerprint density at radius 1 is 1.38 bits per heavy atom. The maximum atomic E-state index is 12.4. The number of amides is 1. The van der Waals surface area contributed by atoms with Crippen LogP contribution in [0.25, 0.3) is 0 Å². The molecule has 1 N–H and O–H groups in total. The van der Waals surface area contributed by atoms with Crippen LogP contribution in [0.1, 0.15) is 15.9 Å². The number of aromatic nitrogens is 2. The summed E-state index contributed by atoms with van der Waals surface area (Å²) in [5.74, 6) is 1.07. The molecular formula is C17H24N4O3. The number of rotatable bonds is 8. The van der Waals surface area contributed by atoms with Gasteiger partial charge in [0.1, 0.15) is 6.61 Å². The fraction of sp³-hybridized carbons (Fsp3) is 0.412. The Balaban J connectivity index is 2.07. The molecule has 0 unspecified atom stereocenters. The lowest BCUT2D eigenvalue weighted by Crippen LogP contribution is -2.32. The first-order chi connectivity index (χ1) is 11.5. The molecule has 7 heteroatoms. The highest BCUT2D eigenvalue weighted by molar-refractivity contribution is 5.94. The second-order valence-corrected chi connectivity index (χ2v) is 5.51. The van der Waals surface area contributed by atoms with E-state index in [1.165, 1.54) is 0 Å². The zero-order chi connectivity index (χ0) is 17.5. The second-order valence-electron chi connectivity index (χ2n) is 5.51. The van der Waals surface area contributed by atoms with Gasteiger partial charge in [0.2, 0.25) is 0 Å². The fourth-order valence-corrected chi connectivity index (χ4v) is 2.23. The lowest BCUT2D eigenvalue weighted by atomic mass is 10.1. The third-order valence-corrected chi connectivity index (χ3v) is 3.61. The minimum Gasteiger partial charge on any atom is -0.493 e. The van der Waals surface area contributed by atoms with Gasteiger partial charge < -0.3 is 19.7 Å². The minimum absolute atomic E-state index is 0.0534. The molecule has 1 heterocycles. The van der Waals surface area contributed by atoms with Gasteiger partial charge in [0.25, 0.3) is 5.91 Å². The van der Waals surface area contributed by atoms with E-state index in [0.717, 1.165) is 12.1 Å². The molecule has 2 aromatic rings. The molecule has 7 nitrogen and oxygen atoms in total. The Labute approximate surface area is 142 Å². The van der Waals surface area contributed by atoms with E-state index in [-0.39, 0.29) is 5.91 Å². The number of benzene rings is 1. The Bertz CT molecular complexity index is 684. The highest BCUT2D eigenvalue weighted by atomic mass is 16.5. The number of carbonyl (C=O) groups is 1. The van der Waals surface area contributed by atoms with Gasteiger partial charge >= 0.3 is 0 Å². The lowest BCUT2D eigenvalue weighted by molar-refractivity contribution is 0.0796. The fourth-order valence-electron chi connectivity index (χ4n) is 2.23. The summed E-state index contributed by atoms with van der Waals surface area (Å²) < 4.78 is 12.9. The third kappa shape index (κ3) is 4.48. The number of likely N-dealkylation sites (N-methyl/N-ethyl adjacent to an activating group) is 2. The zero-order valence-corrected chi connectivity index (χ0v) is 14.6. The highest BCUT2D eigenvalue weighted by Crippen LogP contribution is 2.29. The molecular weight excluding hydrogens is 308 g/mol. The number of carbonyl (C=O) groups excluding carboxylic acids is 1. The van der Waals surface area contributed by atoms with Crippen molar-refractivity contribution in [1.29, 1.82) is 0 Å². The van der Waals surface area contributed by atoms with Crippen LogP contribution in [0.4, 0.5) is 0 Å². The molecule has 1 amide bonds. The van der Waals surface area contributed by atoms with E-state index in [4.69, 9.17) is 9.47 Å². The number of hydrogen-bond donors (Lipinski definition) is 1. The van der Waals surface area contributed by atoms with Crippen molar-refractivity contribution in [3.63, 3.8) is 0 Å². The monoisotopic (exact) mass is 332 g/mol. The number of nitrogens with zero attached hydrogens (tertiary/aromatic N) is 3. The number of methoxy groups -OCH3 is 1. The third-order valence-electron chi connectivity index (χ3n) is 3.61. The molecule has 0 bridgehead atoms. The van der Waals surface area contributed by atoms with Gasteiger partial charge in [0.05, 0.1) is 13.3 Å². The van der Waals surface area contributed by atoms with E-state index >= 15 is 0 Å². The van der Waals surface area contributed by atoms with Gasteiger partial charge in [-0.05, 0) is 25.2 Å². The van der Waals surface area contributed by atoms with Gasteiger partial charge in [0, 0.05) is 44.5 Å². The van der Waals surface area contributed by atoms with Crippen LogP contribution in [0.15, 0.2) is 30.6 Å². The van der Waals surface area contributed by atoms with E-state index in [9.17, 15) is 4.79 Å².